The molecule has 5 heteroatoms. The first-order chi connectivity index (χ1) is 15.1. The van der Waals surface area contributed by atoms with E-state index in [1.54, 1.807) is 12.1 Å². The molecule has 2 aliphatic rings. The van der Waals surface area contributed by atoms with Crippen LogP contribution in [0.4, 0.5) is 0 Å². The summed E-state index contributed by atoms with van der Waals surface area (Å²) in [6.07, 6.45) is 1.20. The van der Waals surface area contributed by atoms with Crippen LogP contribution in [0.1, 0.15) is 39.5 Å². The van der Waals surface area contributed by atoms with E-state index in [0.29, 0.717) is 23.7 Å². The molecule has 3 aromatic rings. The van der Waals surface area contributed by atoms with Crippen molar-refractivity contribution in [3.63, 3.8) is 0 Å². The maximum Gasteiger partial charge on any atom is 0.256 e. The molecular weight excluding hydrogens is 408 g/mol. The fourth-order valence-electron chi connectivity index (χ4n) is 4.95. The Hall–Kier alpha value is -3.11. The van der Waals surface area contributed by atoms with Crippen LogP contribution < -0.4 is 0 Å². The van der Waals surface area contributed by atoms with Crippen molar-refractivity contribution in [3.8, 4) is 0 Å². The minimum Gasteiger partial charge on any atom is -0.309 e. The standard InChI is InChI=1S/C26H23ClN2O2/c1-2-18-7-11-20(12-8-18)26-23-6-4-3-5-22(23)25(31)29(26)16-15-28(26)24(30)17-19-9-13-21(27)14-10-19/h3-14H,2,15-17H2,1H3. The van der Waals surface area contributed by atoms with Crippen LogP contribution in [0.5, 0.6) is 0 Å². The molecule has 3 aromatic carbocycles. The highest BCUT2D eigenvalue weighted by Crippen LogP contribution is 2.49. The van der Waals surface area contributed by atoms with Crippen LogP contribution in [0.15, 0.2) is 72.8 Å². The molecule has 0 aliphatic carbocycles. The van der Waals surface area contributed by atoms with Gasteiger partial charge in [-0.2, -0.15) is 0 Å². The zero-order chi connectivity index (χ0) is 21.6. The molecule has 1 atom stereocenters. The van der Waals surface area contributed by atoms with Gasteiger partial charge in [0.2, 0.25) is 5.91 Å². The monoisotopic (exact) mass is 430 g/mol. The van der Waals surface area contributed by atoms with Gasteiger partial charge in [0.1, 0.15) is 0 Å². The number of aryl methyl sites for hydroxylation is 1. The lowest BCUT2D eigenvalue weighted by Crippen LogP contribution is -2.52. The summed E-state index contributed by atoms with van der Waals surface area (Å²) in [4.78, 5) is 30.7. The summed E-state index contributed by atoms with van der Waals surface area (Å²) in [5.74, 6) is -0.0224. The Bertz CT molecular complexity index is 1160. The number of halogens is 1. The Morgan fingerprint density at radius 3 is 2.32 bits per heavy atom. The van der Waals surface area contributed by atoms with Crippen LogP contribution in [0.25, 0.3) is 0 Å². The quantitative estimate of drug-likeness (QED) is 0.604. The van der Waals surface area contributed by atoms with E-state index < -0.39 is 5.66 Å². The van der Waals surface area contributed by atoms with Gasteiger partial charge >= 0.3 is 0 Å². The molecule has 156 valence electrons. The number of rotatable bonds is 4. The minimum absolute atomic E-state index is 0.00565. The molecule has 1 saturated heterocycles. The molecule has 0 radical (unpaired) electrons. The lowest BCUT2D eigenvalue weighted by Gasteiger charge is -2.40. The molecule has 2 aliphatic heterocycles. The number of hydrogen-bond donors (Lipinski definition) is 0. The van der Waals surface area contributed by atoms with Gasteiger partial charge in [-0.25, -0.2) is 0 Å². The molecule has 5 rings (SSSR count). The second-order valence-corrected chi connectivity index (χ2v) is 8.51. The fourth-order valence-corrected chi connectivity index (χ4v) is 5.07. The Morgan fingerprint density at radius 2 is 1.61 bits per heavy atom. The molecule has 2 amide bonds. The number of carbonyl (C=O) groups excluding carboxylic acids is 2. The average Bonchev–Trinajstić information content (AvgIpc) is 3.31. The third kappa shape index (κ3) is 2.97. The summed E-state index contributed by atoms with van der Waals surface area (Å²) in [7, 11) is 0. The third-order valence-corrected chi connectivity index (χ3v) is 6.69. The molecule has 31 heavy (non-hydrogen) atoms. The zero-order valence-corrected chi connectivity index (χ0v) is 18.1. The lowest BCUT2D eigenvalue weighted by molar-refractivity contribution is -0.135. The van der Waals surface area contributed by atoms with Gasteiger partial charge in [0.15, 0.2) is 5.66 Å². The zero-order valence-electron chi connectivity index (χ0n) is 17.3. The summed E-state index contributed by atoms with van der Waals surface area (Å²) < 4.78 is 0. The van der Waals surface area contributed by atoms with Gasteiger partial charge in [0.25, 0.3) is 5.91 Å². The van der Waals surface area contributed by atoms with Gasteiger partial charge in [-0.1, -0.05) is 73.1 Å². The molecule has 0 saturated carbocycles. The summed E-state index contributed by atoms with van der Waals surface area (Å²) in [5.41, 5.74) is 3.73. The predicted molar refractivity (Wildman–Crippen MR) is 121 cm³/mol. The molecule has 1 fully saturated rings. The number of nitrogens with zero attached hydrogens (tertiary/aromatic N) is 2. The SMILES string of the molecule is CCc1ccc(C23c4ccccc4C(=O)N2CCN3C(=O)Cc2ccc(Cl)cc2)cc1. The van der Waals surface area contributed by atoms with Gasteiger partial charge in [0.05, 0.1) is 6.42 Å². The van der Waals surface area contributed by atoms with Gasteiger partial charge in [-0.05, 0) is 35.7 Å². The molecule has 0 bridgehead atoms. The first-order valence-corrected chi connectivity index (χ1v) is 11.0. The van der Waals surface area contributed by atoms with Crippen molar-refractivity contribution in [1.82, 2.24) is 9.80 Å². The number of amides is 2. The van der Waals surface area contributed by atoms with Crippen LogP contribution in [-0.2, 0) is 23.3 Å². The van der Waals surface area contributed by atoms with Crippen molar-refractivity contribution in [2.75, 3.05) is 13.1 Å². The molecule has 0 aromatic heterocycles. The summed E-state index contributed by atoms with van der Waals surface area (Å²) >= 11 is 6.01. The van der Waals surface area contributed by atoms with Gasteiger partial charge in [0, 0.05) is 34.8 Å². The van der Waals surface area contributed by atoms with Crippen molar-refractivity contribution in [2.24, 2.45) is 0 Å². The largest absolute Gasteiger partial charge is 0.309 e. The van der Waals surface area contributed by atoms with E-state index in [0.717, 1.165) is 23.1 Å². The van der Waals surface area contributed by atoms with E-state index in [4.69, 9.17) is 11.6 Å². The molecule has 0 spiro atoms. The highest BCUT2D eigenvalue weighted by Gasteiger charge is 2.59. The first-order valence-electron chi connectivity index (χ1n) is 10.6. The van der Waals surface area contributed by atoms with Crippen molar-refractivity contribution in [2.45, 2.75) is 25.4 Å². The number of hydrogen-bond acceptors (Lipinski definition) is 2. The van der Waals surface area contributed by atoms with Crippen molar-refractivity contribution in [1.29, 1.82) is 0 Å². The molecular formula is C26H23ClN2O2. The van der Waals surface area contributed by atoms with Gasteiger partial charge in [-0.15, -0.1) is 0 Å². The maximum atomic E-state index is 13.6. The van der Waals surface area contributed by atoms with Crippen molar-refractivity contribution >= 4 is 23.4 Å². The predicted octanol–water partition coefficient (Wildman–Crippen LogP) is 4.64. The molecule has 2 heterocycles. The second-order valence-electron chi connectivity index (χ2n) is 8.07. The Balaban J connectivity index is 1.63. The van der Waals surface area contributed by atoms with Gasteiger partial charge in [-0.3, -0.25) is 9.59 Å². The highest BCUT2D eigenvalue weighted by molar-refractivity contribution is 6.30. The number of carbonyl (C=O) groups is 2. The van der Waals surface area contributed by atoms with E-state index in [2.05, 4.69) is 31.2 Å². The van der Waals surface area contributed by atoms with E-state index >= 15 is 0 Å². The number of benzene rings is 3. The van der Waals surface area contributed by atoms with E-state index in [1.165, 1.54) is 5.56 Å². The lowest BCUT2D eigenvalue weighted by atomic mass is 9.89. The Kier molecular flexibility index (Phi) is 4.82. The summed E-state index contributed by atoms with van der Waals surface area (Å²) in [6.45, 7) is 3.13. The first kappa shape index (κ1) is 19.8. The third-order valence-electron chi connectivity index (χ3n) is 6.44. The molecule has 4 nitrogen and oxygen atoms in total. The Labute approximate surface area is 187 Å². The second kappa shape index (κ2) is 7.54. The minimum atomic E-state index is -0.899. The van der Waals surface area contributed by atoms with E-state index in [9.17, 15) is 9.59 Å². The molecule has 1 unspecified atom stereocenters. The fraction of sp³-hybridized carbons (Fsp3) is 0.231. The van der Waals surface area contributed by atoms with Crippen LogP contribution in [-0.4, -0.2) is 34.7 Å². The summed E-state index contributed by atoms with van der Waals surface area (Å²) in [5, 5.41) is 0.645. The van der Waals surface area contributed by atoms with Crippen LogP contribution in [0, 0.1) is 0 Å². The van der Waals surface area contributed by atoms with Crippen molar-refractivity contribution < 1.29 is 9.59 Å². The number of fused-ring (bicyclic) bond motifs is 3. The van der Waals surface area contributed by atoms with E-state index in [-0.39, 0.29) is 18.2 Å². The van der Waals surface area contributed by atoms with Crippen molar-refractivity contribution in [3.05, 3.63) is 106 Å². The topological polar surface area (TPSA) is 40.6 Å². The normalized spacial score (nSPS) is 19.5. The summed E-state index contributed by atoms with van der Waals surface area (Å²) in [6, 6.07) is 23.3. The molecule has 0 N–H and O–H groups in total. The van der Waals surface area contributed by atoms with Crippen LogP contribution in [0.2, 0.25) is 5.02 Å². The van der Waals surface area contributed by atoms with Crippen LogP contribution in [0.3, 0.4) is 0 Å². The smallest absolute Gasteiger partial charge is 0.256 e. The maximum absolute atomic E-state index is 13.6. The Morgan fingerprint density at radius 1 is 0.935 bits per heavy atom. The van der Waals surface area contributed by atoms with Crippen LogP contribution >= 0.6 is 11.6 Å². The average molecular weight is 431 g/mol. The van der Waals surface area contributed by atoms with Gasteiger partial charge < -0.3 is 9.80 Å². The van der Waals surface area contributed by atoms with E-state index in [1.807, 2.05) is 46.2 Å². The highest BCUT2D eigenvalue weighted by atomic mass is 35.5.